The largest absolute Gasteiger partial charge is 0.355 e. The molecule has 0 unspecified atom stereocenters. The van der Waals surface area contributed by atoms with Crippen molar-refractivity contribution in [2.75, 3.05) is 46.3 Å². The highest BCUT2D eigenvalue weighted by Gasteiger charge is 2.50. The molecule has 0 aromatic heterocycles. The third-order valence-electron chi connectivity index (χ3n) is 5.11. The van der Waals surface area contributed by atoms with Gasteiger partial charge in [-0.15, -0.1) is 0 Å². The summed E-state index contributed by atoms with van der Waals surface area (Å²) >= 11 is 3.45. The van der Waals surface area contributed by atoms with Crippen molar-refractivity contribution in [3.05, 3.63) is 34.3 Å². The van der Waals surface area contributed by atoms with Crippen LogP contribution in [0.3, 0.4) is 0 Å². The van der Waals surface area contributed by atoms with Gasteiger partial charge < -0.3 is 15.1 Å². The van der Waals surface area contributed by atoms with Crippen molar-refractivity contribution in [2.45, 2.75) is 24.7 Å². The molecular weight excluding hydrogens is 354 g/mol. The van der Waals surface area contributed by atoms with Crippen LogP contribution in [-0.4, -0.2) is 62.0 Å². The van der Waals surface area contributed by atoms with E-state index in [1.54, 1.807) is 0 Å². The molecule has 1 aliphatic heterocycles. The number of nitrogens with zero attached hydrogens (tertiary/aromatic N) is 2. The average molecular weight is 380 g/mol. The van der Waals surface area contributed by atoms with Gasteiger partial charge in [-0.1, -0.05) is 28.1 Å². The van der Waals surface area contributed by atoms with Crippen LogP contribution in [0.4, 0.5) is 0 Å². The zero-order chi connectivity index (χ0) is 16.3. The fraction of sp³-hybridized carbons (Fsp3) is 0.611. The second-order valence-corrected chi connectivity index (χ2v) is 7.76. The summed E-state index contributed by atoms with van der Waals surface area (Å²) in [5.41, 5.74) is 0.895. The smallest absolute Gasteiger partial charge is 0.230 e. The van der Waals surface area contributed by atoms with Crippen LogP contribution in [0.25, 0.3) is 0 Å². The minimum atomic E-state index is -0.255. The number of hydrogen-bond acceptors (Lipinski definition) is 3. The first kappa shape index (κ1) is 16.9. The Labute approximate surface area is 147 Å². The summed E-state index contributed by atoms with van der Waals surface area (Å²) in [5, 5.41) is 3.16. The molecule has 0 spiro atoms. The second kappa shape index (κ2) is 7.32. The van der Waals surface area contributed by atoms with E-state index in [0.29, 0.717) is 0 Å². The number of hydrogen-bond donors (Lipinski definition) is 1. The van der Waals surface area contributed by atoms with Gasteiger partial charge in [0.05, 0.1) is 5.41 Å². The highest BCUT2D eigenvalue weighted by Crippen LogP contribution is 2.48. The number of nitrogens with one attached hydrogen (secondary N) is 1. The molecule has 1 aromatic rings. The first-order valence-electron chi connectivity index (χ1n) is 8.55. The Hall–Kier alpha value is -0.910. The number of amides is 1. The monoisotopic (exact) mass is 379 g/mol. The number of benzene rings is 1. The third-order valence-corrected chi connectivity index (χ3v) is 5.64. The number of likely N-dealkylation sites (N-methyl/N-ethyl adjacent to an activating group) is 1. The molecule has 1 heterocycles. The molecule has 1 aromatic carbocycles. The van der Waals surface area contributed by atoms with Gasteiger partial charge in [-0.25, -0.2) is 0 Å². The number of rotatable bonds is 6. The van der Waals surface area contributed by atoms with Crippen LogP contribution in [-0.2, 0) is 10.2 Å². The fourth-order valence-corrected chi connectivity index (χ4v) is 3.55. The highest BCUT2D eigenvalue weighted by atomic mass is 79.9. The van der Waals surface area contributed by atoms with Crippen LogP contribution in [0.5, 0.6) is 0 Å². The van der Waals surface area contributed by atoms with Crippen molar-refractivity contribution < 1.29 is 4.79 Å². The van der Waals surface area contributed by atoms with Gasteiger partial charge in [0.15, 0.2) is 0 Å². The van der Waals surface area contributed by atoms with E-state index in [9.17, 15) is 4.79 Å². The summed E-state index contributed by atoms with van der Waals surface area (Å²) in [7, 11) is 2.18. The van der Waals surface area contributed by atoms with Crippen molar-refractivity contribution in [1.29, 1.82) is 0 Å². The first-order chi connectivity index (χ1) is 11.1. The zero-order valence-electron chi connectivity index (χ0n) is 13.9. The number of halogens is 1. The quantitative estimate of drug-likeness (QED) is 0.769. The Kier molecular flexibility index (Phi) is 5.39. The lowest BCUT2D eigenvalue weighted by Crippen LogP contribution is -2.45. The molecule has 0 bridgehead atoms. The third kappa shape index (κ3) is 4.14. The number of carbonyl (C=O) groups is 1. The predicted octanol–water partition coefficient (Wildman–Crippen LogP) is 2.23. The standard InChI is InChI=1S/C18H26BrN3O/c1-21-11-13-22(14-12-21)10-2-9-20-17(23)18(7-8-18)15-3-5-16(19)6-4-15/h3-6H,2,7-14H2,1H3,(H,20,23). The molecule has 2 aliphatic rings. The lowest BCUT2D eigenvalue weighted by Gasteiger charge is -2.32. The molecule has 1 saturated carbocycles. The maximum atomic E-state index is 12.6. The molecule has 5 heteroatoms. The maximum absolute atomic E-state index is 12.6. The van der Waals surface area contributed by atoms with Gasteiger partial charge in [0, 0.05) is 37.2 Å². The van der Waals surface area contributed by atoms with Gasteiger partial charge in [0.1, 0.15) is 0 Å². The molecule has 2 fully saturated rings. The molecule has 1 aliphatic carbocycles. The van der Waals surface area contributed by atoms with Gasteiger partial charge in [0.2, 0.25) is 5.91 Å². The summed E-state index contributed by atoms with van der Waals surface area (Å²) in [6, 6.07) is 8.19. The van der Waals surface area contributed by atoms with E-state index in [1.165, 1.54) is 0 Å². The lowest BCUT2D eigenvalue weighted by atomic mass is 9.95. The van der Waals surface area contributed by atoms with Crippen molar-refractivity contribution in [1.82, 2.24) is 15.1 Å². The van der Waals surface area contributed by atoms with Crippen LogP contribution in [0.1, 0.15) is 24.8 Å². The lowest BCUT2D eigenvalue weighted by molar-refractivity contribution is -0.123. The minimum absolute atomic E-state index is 0.207. The molecule has 3 rings (SSSR count). The van der Waals surface area contributed by atoms with Crippen LogP contribution in [0, 0.1) is 0 Å². The molecule has 4 nitrogen and oxygen atoms in total. The Morgan fingerprint density at radius 3 is 2.43 bits per heavy atom. The summed E-state index contributed by atoms with van der Waals surface area (Å²) in [5.74, 6) is 0.207. The van der Waals surface area contributed by atoms with E-state index in [0.717, 1.165) is 68.6 Å². The van der Waals surface area contributed by atoms with E-state index in [1.807, 2.05) is 12.1 Å². The Balaban J connectivity index is 1.42. The minimum Gasteiger partial charge on any atom is -0.355 e. The second-order valence-electron chi connectivity index (χ2n) is 6.84. The predicted molar refractivity (Wildman–Crippen MR) is 96.6 cm³/mol. The van der Waals surface area contributed by atoms with Crippen LogP contribution in [0.15, 0.2) is 28.7 Å². The van der Waals surface area contributed by atoms with E-state index >= 15 is 0 Å². The first-order valence-corrected chi connectivity index (χ1v) is 9.35. The fourth-order valence-electron chi connectivity index (χ4n) is 3.29. The van der Waals surface area contributed by atoms with Gasteiger partial charge in [-0.2, -0.15) is 0 Å². The van der Waals surface area contributed by atoms with E-state index in [2.05, 4.69) is 50.2 Å². The van der Waals surface area contributed by atoms with Gasteiger partial charge >= 0.3 is 0 Å². The van der Waals surface area contributed by atoms with Crippen LogP contribution >= 0.6 is 15.9 Å². The molecule has 1 saturated heterocycles. The SMILES string of the molecule is CN1CCN(CCCNC(=O)C2(c3ccc(Br)cc3)CC2)CC1. The van der Waals surface area contributed by atoms with Crippen molar-refractivity contribution in [3.63, 3.8) is 0 Å². The van der Waals surface area contributed by atoms with Crippen LogP contribution < -0.4 is 5.32 Å². The summed E-state index contributed by atoms with van der Waals surface area (Å²) in [6.07, 6.45) is 2.98. The van der Waals surface area contributed by atoms with Crippen LogP contribution in [0.2, 0.25) is 0 Å². The zero-order valence-corrected chi connectivity index (χ0v) is 15.4. The Morgan fingerprint density at radius 2 is 1.83 bits per heavy atom. The molecule has 0 radical (unpaired) electrons. The van der Waals surface area contributed by atoms with Crippen molar-refractivity contribution in [3.8, 4) is 0 Å². The molecule has 23 heavy (non-hydrogen) atoms. The molecule has 1 N–H and O–H groups in total. The topological polar surface area (TPSA) is 35.6 Å². The maximum Gasteiger partial charge on any atom is 0.230 e. The van der Waals surface area contributed by atoms with E-state index in [4.69, 9.17) is 0 Å². The van der Waals surface area contributed by atoms with E-state index < -0.39 is 0 Å². The Morgan fingerprint density at radius 1 is 1.17 bits per heavy atom. The summed E-state index contributed by atoms with van der Waals surface area (Å²) < 4.78 is 1.06. The summed E-state index contributed by atoms with van der Waals surface area (Å²) in [6.45, 7) is 6.46. The van der Waals surface area contributed by atoms with Crippen molar-refractivity contribution in [2.24, 2.45) is 0 Å². The number of piperazine rings is 1. The van der Waals surface area contributed by atoms with E-state index in [-0.39, 0.29) is 11.3 Å². The van der Waals surface area contributed by atoms with Gasteiger partial charge in [-0.3, -0.25) is 4.79 Å². The van der Waals surface area contributed by atoms with Crippen molar-refractivity contribution >= 4 is 21.8 Å². The van der Waals surface area contributed by atoms with Gasteiger partial charge in [-0.05, 0) is 50.6 Å². The molecular formula is C18H26BrN3O. The normalized spacial score (nSPS) is 21.1. The molecule has 1 amide bonds. The summed E-state index contributed by atoms with van der Waals surface area (Å²) in [4.78, 5) is 17.4. The number of carbonyl (C=O) groups excluding carboxylic acids is 1. The van der Waals surface area contributed by atoms with Gasteiger partial charge in [0.25, 0.3) is 0 Å². The highest BCUT2D eigenvalue weighted by molar-refractivity contribution is 9.10. The molecule has 126 valence electrons. The molecule has 0 atom stereocenters. The average Bonchev–Trinajstić information content (AvgIpc) is 3.35. The Bertz CT molecular complexity index is 534.